The van der Waals surface area contributed by atoms with Crippen molar-refractivity contribution in [1.82, 2.24) is 4.90 Å². The van der Waals surface area contributed by atoms with E-state index in [1.165, 1.54) is 42.5 Å². The zero-order valence-electron chi connectivity index (χ0n) is 14.6. The Morgan fingerprint density at radius 2 is 1.71 bits per heavy atom. The molecule has 0 saturated heterocycles. The molecule has 0 heterocycles. The second kappa shape index (κ2) is 7.80. The number of aryl methyl sites for hydroxylation is 2. The van der Waals surface area contributed by atoms with E-state index < -0.39 is 0 Å². The number of halogens is 1. The van der Waals surface area contributed by atoms with E-state index in [2.05, 4.69) is 37.2 Å². The highest BCUT2D eigenvalue weighted by Gasteiger charge is 2.16. The lowest BCUT2D eigenvalue weighted by atomic mass is 9.92. The smallest absolute Gasteiger partial charge is 0.125 e. The SMILES string of the molecule is CN(C)CCC(Oc1ccc2c(c1)CCCC2)c1ccc(F)cc1. The van der Waals surface area contributed by atoms with Crippen molar-refractivity contribution in [1.29, 1.82) is 0 Å². The molecule has 24 heavy (non-hydrogen) atoms. The highest BCUT2D eigenvalue weighted by atomic mass is 19.1. The summed E-state index contributed by atoms with van der Waals surface area (Å²) in [6.07, 6.45) is 5.68. The molecular weight excluding hydrogens is 301 g/mol. The van der Waals surface area contributed by atoms with Crippen molar-refractivity contribution in [3.05, 3.63) is 65.0 Å². The molecule has 0 saturated carbocycles. The third kappa shape index (κ3) is 4.35. The van der Waals surface area contributed by atoms with Gasteiger partial charge in [0, 0.05) is 13.0 Å². The molecule has 0 aromatic heterocycles. The van der Waals surface area contributed by atoms with Crippen molar-refractivity contribution >= 4 is 0 Å². The van der Waals surface area contributed by atoms with Gasteiger partial charge in [-0.2, -0.15) is 0 Å². The van der Waals surface area contributed by atoms with Crippen LogP contribution in [-0.2, 0) is 12.8 Å². The van der Waals surface area contributed by atoms with Gasteiger partial charge >= 0.3 is 0 Å². The predicted molar refractivity (Wildman–Crippen MR) is 96.0 cm³/mol. The molecule has 0 spiro atoms. The van der Waals surface area contributed by atoms with Gasteiger partial charge in [-0.15, -0.1) is 0 Å². The van der Waals surface area contributed by atoms with Crippen molar-refractivity contribution in [3.8, 4) is 5.75 Å². The number of fused-ring (bicyclic) bond motifs is 1. The molecular formula is C21H26FNO. The van der Waals surface area contributed by atoms with E-state index in [9.17, 15) is 4.39 Å². The number of hydrogen-bond acceptors (Lipinski definition) is 2. The lowest BCUT2D eigenvalue weighted by Gasteiger charge is -2.23. The van der Waals surface area contributed by atoms with E-state index in [-0.39, 0.29) is 11.9 Å². The van der Waals surface area contributed by atoms with Gasteiger partial charge in [-0.05, 0) is 80.7 Å². The van der Waals surface area contributed by atoms with E-state index in [0.717, 1.165) is 30.7 Å². The zero-order valence-corrected chi connectivity index (χ0v) is 14.6. The van der Waals surface area contributed by atoms with Gasteiger partial charge in [0.05, 0.1) is 0 Å². The molecule has 128 valence electrons. The minimum atomic E-state index is -0.209. The molecule has 1 aliphatic carbocycles. The summed E-state index contributed by atoms with van der Waals surface area (Å²) in [6.45, 7) is 0.924. The molecule has 1 atom stereocenters. The van der Waals surface area contributed by atoms with Crippen LogP contribution in [0.15, 0.2) is 42.5 Å². The van der Waals surface area contributed by atoms with Crippen LogP contribution in [0, 0.1) is 5.82 Å². The topological polar surface area (TPSA) is 12.5 Å². The lowest BCUT2D eigenvalue weighted by Crippen LogP contribution is -2.19. The van der Waals surface area contributed by atoms with E-state index in [4.69, 9.17) is 4.74 Å². The van der Waals surface area contributed by atoms with Gasteiger partial charge in [-0.25, -0.2) is 4.39 Å². The highest BCUT2D eigenvalue weighted by Crippen LogP contribution is 2.29. The summed E-state index contributed by atoms with van der Waals surface area (Å²) in [6, 6.07) is 13.2. The Balaban J connectivity index is 1.79. The Morgan fingerprint density at radius 3 is 2.42 bits per heavy atom. The monoisotopic (exact) mass is 327 g/mol. The summed E-state index contributed by atoms with van der Waals surface area (Å²) in [5.74, 6) is 0.711. The molecule has 1 unspecified atom stereocenters. The summed E-state index contributed by atoms with van der Waals surface area (Å²) >= 11 is 0. The normalized spacial score (nSPS) is 15.2. The van der Waals surface area contributed by atoms with Crippen LogP contribution in [0.1, 0.15) is 42.1 Å². The zero-order chi connectivity index (χ0) is 16.9. The van der Waals surface area contributed by atoms with Gasteiger partial charge in [0.1, 0.15) is 17.7 Å². The molecule has 0 radical (unpaired) electrons. The standard InChI is InChI=1S/C21H26FNO/c1-23(2)14-13-21(17-7-10-19(22)11-8-17)24-20-12-9-16-5-3-4-6-18(16)15-20/h7-12,15,21H,3-6,13-14H2,1-2H3. The fourth-order valence-corrected chi connectivity index (χ4v) is 3.29. The van der Waals surface area contributed by atoms with Gasteiger partial charge in [0.15, 0.2) is 0 Å². The highest BCUT2D eigenvalue weighted by molar-refractivity contribution is 5.37. The lowest BCUT2D eigenvalue weighted by molar-refractivity contribution is 0.179. The van der Waals surface area contributed by atoms with Crippen LogP contribution in [0.25, 0.3) is 0 Å². The Morgan fingerprint density at radius 1 is 1.00 bits per heavy atom. The molecule has 2 nitrogen and oxygen atoms in total. The number of benzene rings is 2. The molecule has 3 rings (SSSR count). The largest absolute Gasteiger partial charge is 0.486 e. The average Bonchev–Trinajstić information content (AvgIpc) is 2.59. The first-order valence-electron chi connectivity index (χ1n) is 8.80. The first-order chi connectivity index (χ1) is 11.6. The predicted octanol–water partition coefficient (Wildman–Crippen LogP) is 4.78. The van der Waals surface area contributed by atoms with E-state index in [1.54, 1.807) is 0 Å². The summed E-state index contributed by atoms with van der Waals surface area (Å²) in [5, 5.41) is 0. The molecule has 2 aromatic carbocycles. The van der Waals surface area contributed by atoms with Crippen LogP contribution in [0.2, 0.25) is 0 Å². The first kappa shape index (κ1) is 17.0. The molecule has 2 aromatic rings. The van der Waals surface area contributed by atoms with Crippen molar-refractivity contribution in [3.63, 3.8) is 0 Å². The first-order valence-corrected chi connectivity index (χ1v) is 8.80. The van der Waals surface area contributed by atoms with Crippen LogP contribution < -0.4 is 4.74 Å². The third-order valence-corrected chi connectivity index (χ3v) is 4.68. The summed E-state index contributed by atoms with van der Waals surface area (Å²) in [4.78, 5) is 2.15. The number of nitrogens with zero attached hydrogens (tertiary/aromatic N) is 1. The van der Waals surface area contributed by atoms with Gasteiger partial charge in [-0.1, -0.05) is 18.2 Å². The molecule has 3 heteroatoms. The minimum Gasteiger partial charge on any atom is -0.486 e. The van der Waals surface area contributed by atoms with Crippen LogP contribution in [0.4, 0.5) is 4.39 Å². The van der Waals surface area contributed by atoms with Crippen molar-refractivity contribution in [2.24, 2.45) is 0 Å². The number of ether oxygens (including phenoxy) is 1. The van der Waals surface area contributed by atoms with Crippen LogP contribution >= 0.6 is 0 Å². The Hall–Kier alpha value is -1.87. The molecule has 0 N–H and O–H groups in total. The third-order valence-electron chi connectivity index (χ3n) is 4.68. The fraction of sp³-hybridized carbons (Fsp3) is 0.429. The minimum absolute atomic E-state index is 0.0605. The summed E-state index contributed by atoms with van der Waals surface area (Å²) in [5.41, 5.74) is 3.90. The van der Waals surface area contributed by atoms with Crippen LogP contribution in [0.3, 0.4) is 0 Å². The quantitative estimate of drug-likeness (QED) is 0.757. The Bertz CT molecular complexity index is 666. The van der Waals surface area contributed by atoms with E-state index >= 15 is 0 Å². The van der Waals surface area contributed by atoms with Gasteiger partial charge < -0.3 is 9.64 Å². The maximum absolute atomic E-state index is 13.2. The summed E-state index contributed by atoms with van der Waals surface area (Å²) in [7, 11) is 4.11. The maximum Gasteiger partial charge on any atom is 0.125 e. The van der Waals surface area contributed by atoms with Gasteiger partial charge in [0.25, 0.3) is 0 Å². The van der Waals surface area contributed by atoms with Crippen molar-refractivity contribution in [2.45, 2.75) is 38.2 Å². The second-order valence-corrected chi connectivity index (χ2v) is 6.89. The Labute approximate surface area is 144 Å². The van der Waals surface area contributed by atoms with Gasteiger partial charge in [-0.3, -0.25) is 0 Å². The fourth-order valence-electron chi connectivity index (χ4n) is 3.29. The molecule has 1 aliphatic rings. The van der Waals surface area contributed by atoms with Gasteiger partial charge in [0.2, 0.25) is 0 Å². The molecule has 0 bridgehead atoms. The molecule has 0 amide bonds. The summed E-state index contributed by atoms with van der Waals surface area (Å²) < 4.78 is 19.5. The molecule has 0 aliphatic heterocycles. The van der Waals surface area contributed by atoms with Crippen molar-refractivity contribution < 1.29 is 9.13 Å². The van der Waals surface area contributed by atoms with E-state index in [0.29, 0.717) is 0 Å². The van der Waals surface area contributed by atoms with E-state index in [1.807, 2.05) is 12.1 Å². The Kier molecular flexibility index (Phi) is 5.52. The second-order valence-electron chi connectivity index (χ2n) is 6.89. The molecule has 0 fully saturated rings. The number of hydrogen-bond donors (Lipinski definition) is 0. The average molecular weight is 327 g/mol. The number of rotatable bonds is 6. The van der Waals surface area contributed by atoms with Crippen molar-refractivity contribution in [2.75, 3.05) is 20.6 Å². The maximum atomic E-state index is 13.2. The van der Waals surface area contributed by atoms with Crippen LogP contribution in [-0.4, -0.2) is 25.5 Å². The van der Waals surface area contributed by atoms with Crippen LogP contribution in [0.5, 0.6) is 5.75 Å².